The third-order valence-corrected chi connectivity index (χ3v) is 4.78. The Labute approximate surface area is 146 Å². The van der Waals surface area contributed by atoms with Crippen molar-refractivity contribution in [3.63, 3.8) is 0 Å². The van der Waals surface area contributed by atoms with Gasteiger partial charge in [0.15, 0.2) is 0 Å². The third-order valence-electron chi connectivity index (χ3n) is 3.68. The molecule has 0 spiro atoms. The number of para-hydroxylation sites is 1. The fourth-order valence-electron chi connectivity index (χ4n) is 2.46. The van der Waals surface area contributed by atoms with Gasteiger partial charge in [-0.25, -0.2) is 14.5 Å². The first-order valence-corrected chi connectivity index (χ1v) is 8.23. The Morgan fingerprint density at radius 1 is 1.00 bits per heavy atom. The fraction of sp³-hybridized carbons (Fsp3) is 0. The predicted octanol–water partition coefficient (Wildman–Crippen LogP) is 3.55. The van der Waals surface area contributed by atoms with Gasteiger partial charge in [0.25, 0.3) is 5.91 Å². The monoisotopic (exact) mass is 349 g/mol. The van der Waals surface area contributed by atoms with E-state index in [1.54, 1.807) is 24.4 Å². The molecule has 1 aromatic carbocycles. The van der Waals surface area contributed by atoms with Crippen LogP contribution in [-0.4, -0.2) is 31.7 Å². The summed E-state index contributed by atoms with van der Waals surface area (Å²) in [5, 5.41) is 14.2. The molecule has 4 aromatic rings. The number of benzene rings is 1. The van der Waals surface area contributed by atoms with E-state index in [0.717, 1.165) is 22.2 Å². The highest BCUT2D eigenvalue weighted by Crippen LogP contribution is 2.26. The fourth-order valence-corrected chi connectivity index (χ4v) is 3.27. The highest BCUT2D eigenvalue weighted by Gasteiger charge is 2.15. The largest absolute Gasteiger partial charge is 0.477 e. The number of thiophene rings is 1. The molecule has 4 rings (SSSR count). The smallest absolute Gasteiger partial charge is 0.345 e. The van der Waals surface area contributed by atoms with E-state index in [2.05, 4.69) is 10.1 Å². The van der Waals surface area contributed by atoms with Gasteiger partial charge in [-0.15, -0.1) is 11.3 Å². The van der Waals surface area contributed by atoms with E-state index in [-0.39, 0.29) is 10.8 Å². The van der Waals surface area contributed by atoms with Crippen LogP contribution < -0.4 is 0 Å². The van der Waals surface area contributed by atoms with Crippen LogP contribution >= 0.6 is 11.3 Å². The Morgan fingerprint density at radius 3 is 2.64 bits per heavy atom. The molecule has 3 heterocycles. The van der Waals surface area contributed by atoms with Gasteiger partial charge in [-0.3, -0.25) is 4.79 Å². The number of nitrogens with zero attached hydrogens (tertiary/aromatic N) is 3. The second kappa shape index (κ2) is 5.95. The normalized spacial score (nSPS) is 10.9. The number of aromatic carboxylic acids is 1. The SMILES string of the molecule is O=C(O)c1ccc(-c2ccn(C(=O)c3ccc4ccccc4n3)n2)s1. The van der Waals surface area contributed by atoms with Crippen LogP contribution in [0.4, 0.5) is 0 Å². The maximum atomic E-state index is 12.6. The lowest BCUT2D eigenvalue weighted by Crippen LogP contribution is -2.14. The number of aromatic nitrogens is 3. The van der Waals surface area contributed by atoms with Crippen LogP contribution in [0.3, 0.4) is 0 Å². The van der Waals surface area contributed by atoms with Gasteiger partial charge in [-0.2, -0.15) is 5.10 Å². The molecule has 3 aromatic heterocycles. The zero-order chi connectivity index (χ0) is 17.4. The zero-order valence-electron chi connectivity index (χ0n) is 12.8. The summed E-state index contributed by atoms with van der Waals surface area (Å²) in [4.78, 5) is 28.9. The summed E-state index contributed by atoms with van der Waals surface area (Å²) in [6, 6.07) is 15.9. The van der Waals surface area contributed by atoms with Gasteiger partial charge in [0.1, 0.15) is 16.3 Å². The number of pyridine rings is 1. The summed E-state index contributed by atoms with van der Waals surface area (Å²) in [5.41, 5.74) is 1.59. The molecular formula is C18H11N3O3S. The van der Waals surface area contributed by atoms with Crippen molar-refractivity contribution in [3.05, 3.63) is 71.4 Å². The minimum atomic E-state index is -0.980. The highest BCUT2D eigenvalue weighted by molar-refractivity contribution is 7.17. The molecule has 0 aliphatic rings. The molecule has 0 fully saturated rings. The highest BCUT2D eigenvalue weighted by atomic mass is 32.1. The van der Waals surface area contributed by atoms with Crippen LogP contribution in [0.15, 0.2) is 60.8 Å². The second-order valence-corrected chi connectivity index (χ2v) is 6.39. The van der Waals surface area contributed by atoms with E-state index < -0.39 is 5.97 Å². The van der Waals surface area contributed by atoms with Crippen LogP contribution in [0.1, 0.15) is 20.2 Å². The Bertz CT molecular complexity index is 1110. The molecule has 6 nitrogen and oxygen atoms in total. The summed E-state index contributed by atoms with van der Waals surface area (Å²) in [7, 11) is 0. The van der Waals surface area contributed by atoms with E-state index >= 15 is 0 Å². The van der Waals surface area contributed by atoms with Crippen LogP contribution in [0.5, 0.6) is 0 Å². The molecule has 0 saturated heterocycles. The Morgan fingerprint density at radius 2 is 1.84 bits per heavy atom. The molecule has 7 heteroatoms. The van der Waals surface area contributed by atoms with Crippen molar-refractivity contribution in [1.29, 1.82) is 0 Å². The molecule has 25 heavy (non-hydrogen) atoms. The summed E-state index contributed by atoms with van der Waals surface area (Å²) >= 11 is 1.11. The van der Waals surface area contributed by atoms with Crippen molar-refractivity contribution in [1.82, 2.24) is 14.8 Å². The lowest BCUT2D eigenvalue weighted by atomic mass is 10.2. The van der Waals surface area contributed by atoms with E-state index in [0.29, 0.717) is 16.3 Å². The molecule has 0 atom stereocenters. The van der Waals surface area contributed by atoms with Gasteiger partial charge in [-0.1, -0.05) is 24.3 Å². The molecular weight excluding hydrogens is 338 g/mol. The molecule has 0 saturated carbocycles. The van der Waals surface area contributed by atoms with Crippen LogP contribution in [-0.2, 0) is 0 Å². The van der Waals surface area contributed by atoms with Gasteiger partial charge in [-0.05, 0) is 30.3 Å². The van der Waals surface area contributed by atoms with Crippen molar-refractivity contribution in [2.45, 2.75) is 0 Å². The van der Waals surface area contributed by atoms with Crippen molar-refractivity contribution in [2.75, 3.05) is 0 Å². The zero-order valence-corrected chi connectivity index (χ0v) is 13.6. The lowest BCUT2D eigenvalue weighted by Gasteiger charge is -2.02. The Kier molecular flexibility index (Phi) is 3.62. The molecule has 0 aliphatic heterocycles. The first-order chi connectivity index (χ1) is 12.1. The van der Waals surface area contributed by atoms with Gasteiger partial charge >= 0.3 is 5.97 Å². The topological polar surface area (TPSA) is 85.1 Å². The van der Waals surface area contributed by atoms with Crippen molar-refractivity contribution >= 4 is 34.1 Å². The van der Waals surface area contributed by atoms with E-state index in [4.69, 9.17) is 5.11 Å². The number of hydrogen-bond donors (Lipinski definition) is 1. The maximum Gasteiger partial charge on any atom is 0.345 e. The Balaban J connectivity index is 1.66. The summed E-state index contributed by atoms with van der Waals surface area (Å²) in [6.45, 7) is 0. The molecule has 0 aliphatic carbocycles. The third kappa shape index (κ3) is 2.81. The second-order valence-electron chi connectivity index (χ2n) is 5.31. The number of fused-ring (bicyclic) bond motifs is 1. The number of rotatable bonds is 3. The van der Waals surface area contributed by atoms with Crippen molar-refractivity contribution in [2.24, 2.45) is 0 Å². The molecule has 0 radical (unpaired) electrons. The lowest BCUT2D eigenvalue weighted by molar-refractivity contribution is 0.0702. The maximum absolute atomic E-state index is 12.6. The Hall–Kier alpha value is -3.32. The molecule has 122 valence electrons. The van der Waals surface area contributed by atoms with Crippen molar-refractivity contribution in [3.8, 4) is 10.6 Å². The van der Waals surface area contributed by atoms with Crippen LogP contribution in [0.25, 0.3) is 21.5 Å². The number of carboxylic acid groups (broad SMARTS) is 1. The van der Waals surface area contributed by atoms with E-state index in [9.17, 15) is 9.59 Å². The van der Waals surface area contributed by atoms with E-state index in [1.165, 1.54) is 10.7 Å². The standard InChI is InChI=1S/C18H11N3O3S/c22-17(14-6-5-11-3-1-2-4-12(11)19-14)21-10-9-13(20-21)15-7-8-16(25-15)18(23)24/h1-10H,(H,23,24). The average Bonchev–Trinajstić information content (AvgIpc) is 3.30. The first-order valence-electron chi connectivity index (χ1n) is 7.41. The minimum Gasteiger partial charge on any atom is -0.477 e. The molecule has 0 amide bonds. The summed E-state index contributed by atoms with van der Waals surface area (Å²) < 4.78 is 1.21. The van der Waals surface area contributed by atoms with Crippen LogP contribution in [0.2, 0.25) is 0 Å². The van der Waals surface area contributed by atoms with Gasteiger partial charge < -0.3 is 5.11 Å². The van der Waals surface area contributed by atoms with Gasteiger partial charge in [0.2, 0.25) is 0 Å². The summed E-state index contributed by atoms with van der Waals surface area (Å²) in [6.07, 6.45) is 1.55. The first kappa shape index (κ1) is 15.2. The number of hydrogen-bond acceptors (Lipinski definition) is 5. The minimum absolute atomic E-state index is 0.229. The van der Waals surface area contributed by atoms with Gasteiger partial charge in [0, 0.05) is 11.6 Å². The summed E-state index contributed by atoms with van der Waals surface area (Å²) in [5.74, 6) is -1.32. The van der Waals surface area contributed by atoms with Gasteiger partial charge in [0.05, 0.1) is 10.4 Å². The number of carboxylic acids is 1. The molecule has 0 bridgehead atoms. The number of carbonyl (C=O) groups is 2. The molecule has 0 unspecified atom stereocenters. The van der Waals surface area contributed by atoms with E-state index in [1.807, 2.05) is 30.3 Å². The molecule has 1 N–H and O–H groups in total. The average molecular weight is 349 g/mol. The number of carbonyl (C=O) groups excluding carboxylic acids is 1. The quantitative estimate of drug-likeness (QED) is 0.611. The van der Waals surface area contributed by atoms with Crippen LogP contribution in [0, 0.1) is 0 Å². The predicted molar refractivity (Wildman–Crippen MR) is 94.0 cm³/mol. The van der Waals surface area contributed by atoms with Crippen molar-refractivity contribution < 1.29 is 14.7 Å².